The van der Waals surface area contributed by atoms with Crippen molar-refractivity contribution >= 4 is 23.2 Å². The SMILES string of the molecule is N#CC1C(=N)Oc2cc(N)ccc2C1c1cccc(Cl)c1. The van der Waals surface area contributed by atoms with Crippen molar-refractivity contribution in [3.8, 4) is 11.8 Å². The molecule has 0 fully saturated rings. The van der Waals surface area contributed by atoms with Crippen molar-refractivity contribution in [2.24, 2.45) is 5.92 Å². The van der Waals surface area contributed by atoms with Gasteiger partial charge in [-0.3, -0.25) is 5.41 Å². The maximum Gasteiger partial charge on any atom is 0.205 e. The van der Waals surface area contributed by atoms with Crippen LogP contribution >= 0.6 is 11.6 Å². The molecule has 1 heterocycles. The quantitative estimate of drug-likeness (QED) is 0.789. The molecule has 2 aromatic rings. The molecule has 21 heavy (non-hydrogen) atoms. The lowest BCUT2D eigenvalue weighted by Gasteiger charge is -2.30. The first kappa shape index (κ1) is 13.5. The van der Waals surface area contributed by atoms with E-state index in [2.05, 4.69) is 6.07 Å². The summed E-state index contributed by atoms with van der Waals surface area (Å²) in [6.07, 6.45) is 0. The Morgan fingerprint density at radius 3 is 2.76 bits per heavy atom. The average molecular weight is 298 g/mol. The van der Waals surface area contributed by atoms with E-state index in [4.69, 9.17) is 27.5 Å². The van der Waals surface area contributed by atoms with Gasteiger partial charge in [0.2, 0.25) is 5.90 Å². The number of nitriles is 1. The largest absolute Gasteiger partial charge is 0.442 e. The number of halogens is 1. The van der Waals surface area contributed by atoms with E-state index in [1.165, 1.54) is 0 Å². The van der Waals surface area contributed by atoms with Crippen molar-refractivity contribution in [1.29, 1.82) is 10.7 Å². The molecule has 1 aliphatic rings. The highest BCUT2D eigenvalue weighted by Gasteiger charge is 2.36. The van der Waals surface area contributed by atoms with Gasteiger partial charge in [-0.2, -0.15) is 5.26 Å². The van der Waals surface area contributed by atoms with Crippen LogP contribution in [-0.4, -0.2) is 5.90 Å². The molecule has 0 aliphatic carbocycles. The van der Waals surface area contributed by atoms with Crippen molar-refractivity contribution in [1.82, 2.24) is 0 Å². The van der Waals surface area contributed by atoms with E-state index in [1.54, 1.807) is 18.2 Å². The topological polar surface area (TPSA) is 82.9 Å². The molecule has 1 aliphatic heterocycles. The summed E-state index contributed by atoms with van der Waals surface area (Å²) in [4.78, 5) is 0. The zero-order chi connectivity index (χ0) is 15.0. The highest BCUT2D eigenvalue weighted by molar-refractivity contribution is 6.30. The van der Waals surface area contributed by atoms with E-state index in [9.17, 15) is 5.26 Å². The Kier molecular flexibility index (Phi) is 3.28. The van der Waals surface area contributed by atoms with Gasteiger partial charge in [0.25, 0.3) is 0 Å². The number of nitrogens with two attached hydrogens (primary N) is 1. The Morgan fingerprint density at radius 2 is 2.05 bits per heavy atom. The van der Waals surface area contributed by atoms with Crippen LogP contribution in [0.15, 0.2) is 42.5 Å². The number of hydrogen-bond acceptors (Lipinski definition) is 4. The summed E-state index contributed by atoms with van der Waals surface area (Å²) in [5.41, 5.74) is 8.05. The molecule has 0 saturated carbocycles. The van der Waals surface area contributed by atoms with Crippen molar-refractivity contribution in [3.63, 3.8) is 0 Å². The number of nitrogens with one attached hydrogen (secondary N) is 1. The maximum absolute atomic E-state index is 9.41. The van der Waals surface area contributed by atoms with Gasteiger partial charge in [0.05, 0.1) is 6.07 Å². The van der Waals surface area contributed by atoms with Gasteiger partial charge >= 0.3 is 0 Å². The van der Waals surface area contributed by atoms with Crippen molar-refractivity contribution in [2.45, 2.75) is 5.92 Å². The summed E-state index contributed by atoms with van der Waals surface area (Å²) >= 11 is 6.06. The summed E-state index contributed by atoms with van der Waals surface area (Å²) in [6, 6.07) is 14.8. The summed E-state index contributed by atoms with van der Waals surface area (Å²) < 4.78 is 5.45. The van der Waals surface area contributed by atoms with Crippen LogP contribution in [0.4, 0.5) is 5.69 Å². The number of benzene rings is 2. The predicted octanol–water partition coefficient (Wildman–Crippen LogP) is 3.56. The molecule has 0 saturated heterocycles. The molecular formula is C16H12ClN3O. The first-order valence-electron chi connectivity index (χ1n) is 6.41. The van der Waals surface area contributed by atoms with Gasteiger partial charge < -0.3 is 10.5 Å². The molecule has 0 radical (unpaired) electrons. The number of fused-ring (bicyclic) bond motifs is 1. The number of ether oxygens (including phenoxy) is 1. The Bertz CT molecular complexity index is 766. The number of rotatable bonds is 1. The summed E-state index contributed by atoms with van der Waals surface area (Å²) in [6.45, 7) is 0. The second-order valence-corrected chi connectivity index (χ2v) is 5.34. The molecule has 2 atom stereocenters. The van der Waals surface area contributed by atoms with Gasteiger partial charge in [0.1, 0.15) is 11.7 Å². The minimum Gasteiger partial charge on any atom is -0.442 e. The zero-order valence-corrected chi connectivity index (χ0v) is 11.8. The highest BCUT2D eigenvalue weighted by Crippen LogP contribution is 2.43. The minimum atomic E-state index is -0.681. The zero-order valence-electron chi connectivity index (χ0n) is 11.0. The lowest BCUT2D eigenvalue weighted by molar-refractivity contribution is 0.451. The van der Waals surface area contributed by atoms with E-state index in [-0.39, 0.29) is 11.8 Å². The fraction of sp³-hybridized carbons (Fsp3) is 0.125. The molecule has 3 N–H and O–H groups in total. The molecular weight excluding hydrogens is 286 g/mol. The lowest BCUT2D eigenvalue weighted by Crippen LogP contribution is -2.30. The van der Waals surface area contributed by atoms with Crippen molar-refractivity contribution in [3.05, 3.63) is 58.6 Å². The summed E-state index contributed by atoms with van der Waals surface area (Å²) in [7, 11) is 0. The Balaban J connectivity index is 2.20. The van der Waals surface area contributed by atoms with E-state index >= 15 is 0 Å². The van der Waals surface area contributed by atoms with Gasteiger partial charge in [-0.05, 0) is 23.8 Å². The average Bonchev–Trinajstić information content (AvgIpc) is 2.45. The lowest BCUT2D eigenvalue weighted by atomic mass is 9.79. The molecule has 3 rings (SSSR count). The van der Waals surface area contributed by atoms with Crippen molar-refractivity contribution in [2.75, 3.05) is 5.73 Å². The van der Waals surface area contributed by atoms with Crippen molar-refractivity contribution < 1.29 is 4.74 Å². The van der Waals surface area contributed by atoms with Crippen LogP contribution in [0.2, 0.25) is 5.02 Å². The van der Waals surface area contributed by atoms with Gasteiger partial charge in [0.15, 0.2) is 0 Å². The van der Waals surface area contributed by atoms with E-state index in [1.807, 2.05) is 24.3 Å². The normalized spacial score (nSPS) is 20.3. The molecule has 2 aromatic carbocycles. The number of hydrogen-bond donors (Lipinski definition) is 2. The van der Waals surface area contributed by atoms with E-state index < -0.39 is 5.92 Å². The van der Waals surface area contributed by atoms with Gasteiger partial charge in [-0.25, -0.2) is 0 Å². The van der Waals surface area contributed by atoms with Gasteiger partial charge in [0, 0.05) is 28.3 Å². The summed E-state index contributed by atoms with van der Waals surface area (Å²) in [5.74, 6) is -0.512. The fourth-order valence-corrected chi connectivity index (χ4v) is 2.81. The molecule has 0 aromatic heterocycles. The molecule has 0 amide bonds. The molecule has 0 spiro atoms. The van der Waals surface area contributed by atoms with Crippen LogP contribution in [0.3, 0.4) is 0 Å². The molecule has 0 bridgehead atoms. The minimum absolute atomic E-state index is 0.0689. The monoisotopic (exact) mass is 297 g/mol. The number of anilines is 1. The second kappa shape index (κ2) is 5.12. The van der Waals surface area contributed by atoms with Crippen LogP contribution in [-0.2, 0) is 0 Å². The molecule has 104 valence electrons. The molecule has 2 unspecified atom stereocenters. The maximum atomic E-state index is 9.41. The second-order valence-electron chi connectivity index (χ2n) is 4.90. The third-order valence-electron chi connectivity index (χ3n) is 3.56. The fourth-order valence-electron chi connectivity index (χ4n) is 2.61. The third kappa shape index (κ3) is 2.32. The van der Waals surface area contributed by atoms with Crippen LogP contribution < -0.4 is 10.5 Å². The van der Waals surface area contributed by atoms with E-state index in [0.29, 0.717) is 16.5 Å². The van der Waals surface area contributed by atoms with Gasteiger partial charge in [-0.15, -0.1) is 0 Å². The first-order chi connectivity index (χ1) is 10.1. The first-order valence-corrected chi connectivity index (χ1v) is 6.78. The smallest absolute Gasteiger partial charge is 0.205 e. The summed E-state index contributed by atoms with van der Waals surface area (Å²) in [5, 5.41) is 18.0. The number of nitrogen functional groups attached to an aromatic ring is 1. The van der Waals surface area contributed by atoms with Crippen LogP contribution in [0.5, 0.6) is 5.75 Å². The van der Waals surface area contributed by atoms with Crippen LogP contribution in [0.25, 0.3) is 0 Å². The predicted molar refractivity (Wildman–Crippen MR) is 81.6 cm³/mol. The highest BCUT2D eigenvalue weighted by atomic mass is 35.5. The van der Waals surface area contributed by atoms with Crippen LogP contribution in [0, 0.1) is 22.7 Å². The molecule has 5 heteroatoms. The standard InChI is InChI=1S/C16H12ClN3O/c17-10-3-1-2-9(6-10)15-12-5-4-11(19)7-14(12)21-16(20)13(15)8-18/h1-7,13,15,20H,19H2. The third-order valence-corrected chi connectivity index (χ3v) is 3.79. The van der Waals surface area contributed by atoms with E-state index in [0.717, 1.165) is 11.1 Å². The Morgan fingerprint density at radius 1 is 1.24 bits per heavy atom. The molecule has 4 nitrogen and oxygen atoms in total. The Hall–Kier alpha value is -2.51. The Labute approximate surface area is 127 Å². The number of nitrogens with zero attached hydrogens (tertiary/aromatic N) is 1. The van der Waals surface area contributed by atoms with Crippen LogP contribution in [0.1, 0.15) is 17.0 Å². The van der Waals surface area contributed by atoms with Gasteiger partial charge in [-0.1, -0.05) is 29.8 Å².